The number of thiophene rings is 1. The van der Waals surface area contributed by atoms with Crippen LogP contribution in [0.25, 0.3) is 104 Å². The fraction of sp³-hybridized carbons (Fsp3) is 0. The number of aromatic nitrogens is 5. The molecular formula is C47H26N6S. The van der Waals surface area contributed by atoms with Crippen molar-refractivity contribution in [3.05, 3.63) is 163 Å². The van der Waals surface area contributed by atoms with Gasteiger partial charge in [-0.1, -0.05) is 115 Å². The number of nitriles is 1. The Hall–Kier alpha value is -7.27. The highest BCUT2D eigenvalue weighted by Gasteiger charge is 2.22. The van der Waals surface area contributed by atoms with E-state index in [-0.39, 0.29) is 0 Å². The molecule has 7 aromatic carbocycles. The van der Waals surface area contributed by atoms with Crippen LogP contribution in [0.4, 0.5) is 0 Å². The number of rotatable bonds is 4. The third-order valence-corrected chi connectivity index (χ3v) is 11.5. The quantitative estimate of drug-likeness (QED) is 0.170. The molecule has 0 aliphatic rings. The zero-order chi connectivity index (χ0) is 35.8. The van der Waals surface area contributed by atoms with Gasteiger partial charge in [-0.25, -0.2) is 9.97 Å². The Morgan fingerprint density at radius 2 is 1.17 bits per heavy atom. The van der Waals surface area contributed by atoms with Gasteiger partial charge in [-0.2, -0.15) is 15.2 Å². The summed E-state index contributed by atoms with van der Waals surface area (Å²) in [6, 6.07) is 56.1. The molecule has 0 bridgehead atoms. The summed E-state index contributed by atoms with van der Waals surface area (Å²) in [6.07, 6.45) is 0. The average Bonchev–Trinajstić information content (AvgIpc) is 3.80. The van der Waals surface area contributed by atoms with Crippen molar-refractivity contribution in [3.63, 3.8) is 0 Å². The van der Waals surface area contributed by atoms with Crippen LogP contribution < -0.4 is 0 Å². The molecule has 0 atom stereocenters. The van der Waals surface area contributed by atoms with Gasteiger partial charge in [0.1, 0.15) is 0 Å². The normalized spacial score (nSPS) is 11.7. The van der Waals surface area contributed by atoms with Crippen LogP contribution in [0.2, 0.25) is 0 Å². The van der Waals surface area contributed by atoms with Gasteiger partial charge in [-0.3, -0.25) is 4.57 Å². The first-order chi connectivity index (χ1) is 26.7. The number of hydrogen-bond acceptors (Lipinski definition) is 6. The molecule has 54 heavy (non-hydrogen) atoms. The topological polar surface area (TPSA) is 80.3 Å². The minimum Gasteiger partial charge on any atom is -0.278 e. The summed E-state index contributed by atoms with van der Waals surface area (Å²) in [5, 5.41) is 17.8. The Labute approximate surface area is 312 Å². The number of hydrogen-bond donors (Lipinski definition) is 0. The third kappa shape index (κ3) is 4.58. The van der Waals surface area contributed by atoms with Crippen molar-refractivity contribution in [2.75, 3.05) is 0 Å². The number of para-hydroxylation sites is 3. The van der Waals surface area contributed by atoms with Crippen LogP contribution in [0.1, 0.15) is 5.56 Å². The van der Waals surface area contributed by atoms with Crippen molar-refractivity contribution in [1.29, 1.82) is 5.26 Å². The van der Waals surface area contributed by atoms with Crippen LogP contribution in [0.5, 0.6) is 0 Å². The second-order valence-electron chi connectivity index (χ2n) is 13.3. The number of nitrogens with zero attached hydrogens (tertiary/aromatic N) is 6. The van der Waals surface area contributed by atoms with E-state index in [4.69, 9.17) is 19.9 Å². The van der Waals surface area contributed by atoms with Gasteiger partial charge in [0.25, 0.3) is 0 Å². The van der Waals surface area contributed by atoms with Crippen molar-refractivity contribution in [2.45, 2.75) is 0 Å². The van der Waals surface area contributed by atoms with Crippen molar-refractivity contribution in [1.82, 2.24) is 24.5 Å². The van der Waals surface area contributed by atoms with E-state index >= 15 is 0 Å². The van der Waals surface area contributed by atoms with Gasteiger partial charge in [-0.15, -0.1) is 11.3 Å². The monoisotopic (exact) mass is 706 g/mol. The maximum absolute atomic E-state index is 9.78. The highest BCUT2D eigenvalue weighted by Crippen LogP contribution is 2.46. The molecule has 0 unspecified atom stereocenters. The van der Waals surface area contributed by atoms with Crippen LogP contribution in [0.15, 0.2) is 158 Å². The van der Waals surface area contributed by atoms with Gasteiger partial charge in [0.15, 0.2) is 11.6 Å². The molecule has 0 saturated carbocycles. The zero-order valence-corrected chi connectivity index (χ0v) is 29.4. The lowest BCUT2D eigenvalue weighted by molar-refractivity contribution is 0.954. The maximum atomic E-state index is 9.78. The van der Waals surface area contributed by atoms with Gasteiger partial charge in [0, 0.05) is 63.8 Å². The van der Waals surface area contributed by atoms with Crippen molar-refractivity contribution in [3.8, 4) is 46.1 Å². The van der Waals surface area contributed by atoms with E-state index in [0.29, 0.717) is 23.2 Å². The number of pyridine rings is 1. The van der Waals surface area contributed by atoms with E-state index in [2.05, 4.69) is 126 Å². The summed E-state index contributed by atoms with van der Waals surface area (Å²) < 4.78 is 4.40. The second-order valence-corrected chi connectivity index (χ2v) is 14.4. The van der Waals surface area contributed by atoms with E-state index in [1.807, 2.05) is 36.4 Å². The number of benzene rings is 7. The molecule has 0 aliphatic carbocycles. The van der Waals surface area contributed by atoms with E-state index in [0.717, 1.165) is 70.6 Å². The average molecular weight is 707 g/mol. The third-order valence-electron chi connectivity index (χ3n) is 10.3. The molecule has 0 radical (unpaired) electrons. The molecule has 0 fully saturated rings. The molecule has 0 amide bonds. The standard InChI is InChI=1S/C47H26N6S/c48-27-28-12-10-15-30(26-28)45-50-46(52-47(51-45)53-38-22-8-5-16-31(38)32-17-6-9-23-39(32)53)36-20-11-19-35-42-40(54-44(35)36)25-24-34-41(42)33-18-4-7-21-37(33)49-43(34)29-13-2-1-3-14-29/h1-26H. The highest BCUT2D eigenvalue weighted by molar-refractivity contribution is 7.26. The van der Waals surface area contributed by atoms with E-state index in [1.54, 1.807) is 17.4 Å². The van der Waals surface area contributed by atoms with Gasteiger partial charge in [0.2, 0.25) is 5.95 Å². The molecule has 4 aromatic heterocycles. The molecule has 6 nitrogen and oxygen atoms in total. The van der Waals surface area contributed by atoms with Crippen molar-refractivity contribution < 1.29 is 0 Å². The molecule has 4 heterocycles. The minimum atomic E-state index is 0.502. The first-order valence-electron chi connectivity index (χ1n) is 17.7. The molecule has 0 N–H and O–H groups in total. The van der Waals surface area contributed by atoms with Gasteiger partial charge in [0.05, 0.1) is 33.9 Å². The summed E-state index contributed by atoms with van der Waals surface area (Å²) in [4.78, 5) is 20.7. The Morgan fingerprint density at radius 1 is 0.500 bits per heavy atom. The van der Waals surface area contributed by atoms with Gasteiger partial charge >= 0.3 is 0 Å². The lowest BCUT2D eigenvalue weighted by Crippen LogP contribution is -2.06. The molecular weight excluding hydrogens is 681 g/mol. The fourth-order valence-corrected chi connectivity index (χ4v) is 9.12. The zero-order valence-electron chi connectivity index (χ0n) is 28.6. The van der Waals surface area contributed by atoms with Crippen molar-refractivity contribution >= 4 is 75.0 Å². The molecule has 250 valence electrons. The Balaban J connectivity index is 1.22. The Bertz CT molecular complexity index is 3300. The minimum absolute atomic E-state index is 0.502. The van der Waals surface area contributed by atoms with E-state index in [1.165, 1.54) is 15.5 Å². The predicted molar refractivity (Wildman–Crippen MR) is 221 cm³/mol. The SMILES string of the molecule is N#Cc1cccc(-c2nc(-c3cccc4c3sc3ccc5c(-c6ccccc6)nc6ccccc6c5c34)nc(-n3c4ccccc4c4ccccc43)n2)c1. The highest BCUT2D eigenvalue weighted by atomic mass is 32.1. The summed E-state index contributed by atoms with van der Waals surface area (Å²) in [7, 11) is 0. The molecule has 11 aromatic rings. The summed E-state index contributed by atoms with van der Waals surface area (Å²) >= 11 is 1.75. The van der Waals surface area contributed by atoms with E-state index < -0.39 is 0 Å². The summed E-state index contributed by atoms with van der Waals surface area (Å²) in [5.74, 6) is 1.59. The fourth-order valence-electron chi connectivity index (χ4n) is 7.90. The van der Waals surface area contributed by atoms with Gasteiger partial charge < -0.3 is 0 Å². The number of fused-ring (bicyclic) bond motifs is 10. The predicted octanol–water partition coefficient (Wildman–Crippen LogP) is 11.9. The van der Waals surface area contributed by atoms with Crippen LogP contribution in [-0.2, 0) is 0 Å². The maximum Gasteiger partial charge on any atom is 0.238 e. The Morgan fingerprint density at radius 3 is 1.96 bits per heavy atom. The lowest BCUT2D eigenvalue weighted by Gasteiger charge is -2.12. The summed E-state index contributed by atoms with van der Waals surface area (Å²) in [5.41, 5.74) is 7.25. The van der Waals surface area contributed by atoms with Crippen LogP contribution in [0, 0.1) is 11.3 Å². The van der Waals surface area contributed by atoms with Gasteiger partial charge in [-0.05, 0) is 42.5 Å². The van der Waals surface area contributed by atoms with Crippen LogP contribution in [0.3, 0.4) is 0 Å². The summed E-state index contributed by atoms with van der Waals surface area (Å²) in [6.45, 7) is 0. The second kappa shape index (κ2) is 11.9. The van der Waals surface area contributed by atoms with Crippen molar-refractivity contribution in [2.24, 2.45) is 0 Å². The molecule has 0 saturated heterocycles. The molecule has 11 rings (SSSR count). The molecule has 7 heteroatoms. The Kier molecular flexibility index (Phi) is 6.68. The largest absolute Gasteiger partial charge is 0.278 e. The van der Waals surface area contributed by atoms with E-state index in [9.17, 15) is 5.26 Å². The smallest absolute Gasteiger partial charge is 0.238 e. The van der Waals surface area contributed by atoms with Crippen LogP contribution in [-0.4, -0.2) is 24.5 Å². The van der Waals surface area contributed by atoms with Crippen LogP contribution >= 0.6 is 11.3 Å². The lowest BCUT2D eigenvalue weighted by atomic mass is 9.96. The first kappa shape index (κ1) is 30.4. The molecule has 0 spiro atoms. The molecule has 0 aliphatic heterocycles. The first-order valence-corrected chi connectivity index (χ1v) is 18.5.